The number of phenols is 1. The van der Waals surface area contributed by atoms with Gasteiger partial charge >= 0.3 is 12.0 Å². The number of hydrogen-bond donors (Lipinski definition) is 3. The van der Waals surface area contributed by atoms with E-state index in [0.717, 1.165) is 44.2 Å². The van der Waals surface area contributed by atoms with Gasteiger partial charge in [-0.3, -0.25) is 0 Å². The van der Waals surface area contributed by atoms with E-state index in [1.807, 2.05) is 0 Å². The Labute approximate surface area is 170 Å². The van der Waals surface area contributed by atoms with E-state index in [4.69, 9.17) is 4.74 Å². The molecule has 0 aliphatic heterocycles. The van der Waals surface area contributed by atoms with Crippen LogP contribution in [0.1, 0.15) is 40.7 Å². The van der Waals surface area contributed by atoms with Crippen molar-refractivity contribution in [2.24, 2.45) is 0 Å². The third-order valence-corrected chi connectivity index (χ3v) is 5.92. The molecule has 0 radical (unpaired) electrons. The maximum Gasteiger partial charge on any atom is 0.328 e. The Balaban J connectivity index is 1.54. The van der Waals surface area contributed by atoms with Crippen LogP contribution in [-0.2, 0) is 41.6 Å². The lowest BCUT2D eigenvalue weighted by molar-refractivity contribution is -0.142. The standard InChI is InChI=1S/C23H26N2O4/c1-29-22(27)19(13-16-6-2-3-11-20(16)26)24-23(28)25-21-17-9-4-7-14(17)12-15-8-5-10-18(15)21/h2-3,6,11-12,19,26H,4-5,7-10,13H2,1H3,(H2,24,25,28). The zero-order chi connectivity index (χ0) is 20.4. The lowest BCUT2D eigenvalue weighted by atomic mass is 9.99. The van der Waals surface area contributed by atoms with E-state index < -0.39 is 18.0 Å². The van der Waals surface area contributed by atoms with Crippen molar-refractivity contribution in [2.75, 3.05) is 12.4 Å². The second-order valence-corrected chi connectivity index (χ2v) is 7.74. The van der Waals surface area contributed by atoms with Gasteiger partial charge in [0.2, 0.25) is 0 Å². The number of aryl methyl sites for hydroxylation is 2. The lowest BCUT2D eigenvalue weighted by Crippen LogP contribution is -2.45. The third-order valence-electron chi connectivity index (χ3n) is 5.92. The summed E-state index contributed by atoms with van der Waals surface area (Å²) < 4.78 is 4.86. The highest BCUT2D eigenvalue weighted by molar-refractivity contribution is 5.94. The van der Waals surface area contributed by atoms with Crippen LogP contribution in [0.4, 0.5) is 10.5 Å². The SMILES string of the molecule is COC(=O)C(Cc1ccccc1O)NC(=O)Nc1c2c(cc3c1CCC3)CCC2. The molecule has 0 saturated carbocycles. The maximum atomic E-state index is 12.8. The maximum absolute atomic E-state index is 12.8. The number of nitrogens with one attached hydrogen (secondary N) is 2. The molecule has 0 heterocycles. The number of anilines is 1. The molecule has 29 heavy (non-hydrogen) atoms. The number of esters is 1. The van der Waals surface area contributed by atoms with Crippen molar-refractivity contribution in [2.45, 2.75) is 51.0 Å². The van der Waals surface area contributed by atoms with Gasteiger partial charge in [-0.15, -0.1) is 0 Å². The number of aromatic hydroxyl groups is 1. The Morgan fingerprint density at radius 3 is 2.34 bits per heavy atom. The summed E-state index contributed by atoms with van der Waals surface area (Å²) in [4.78, 5) is 25.1. The quantitative estimate of drug-likeness (QED) is 0.679. The number of ether oxygens (including phenoxy) is 1. The first-order chi connectivity index (χ1) is 14.1. The minimum Gasteiger partial charge on any atom is -0.508 e. The predicted octanol–water partition coefficient (Wildman–Crippen LogP) is 3.28. The van der Waals surface area contributed by atoms with Crippen LogP contribution in [-0.4, -0.2) is 30.3 Å². The van der Waals surface area contributed by atoms with Crippen molar-refractivity contribution in [1.82, 2.24) is 5.32 Å². The number of hydrogen-bond acceptors (Lipinski definition) is 4. The van der Waals surface area contributed by atoms with Gasteiger partial charge in [-0.2, -0.15) is 0 Å². The average molecular weight is 394 g/mol. The summed E-state index contributed by atoms with van der Waals surface area (Å²) in [6.45, 7) is 0. The van der Waals surface area contributed by atoms with Crippen molar-refractivity contribution >= 4 is 17.7 Å². The van der Waals surface area contributed by atoms with Crippen LogP contribution in [0, 0.1) is 0 Å². The summed E-state index contributed by atoms with van der Waals surface area (Å²) in [5.41, 5.74) is 6.63. The molecule has 2 aliphatic rings. The van der Waals surface area contributed by atoms with E-state index in [1.54, 1.807) is 24.3 Å². The van der Waals surface area contributed by atoms with E-state index in [0.29, 0.717) is 5.56 Å². The number of carbonyl (C=O) groups excluding carboxylic acids is 2. The topological polar surface area (TPSA) is 87.7 Å². The monoisotopic (exact) mass is 394 g/mol. The van der Waals surface area contributed by atoms with Crippen molar-refractivity contribution in [1.29, 1.82) is 0 Å². The molecule has 2 aliphatic carbocycles. The van der Waals surface area contributed by atoms with E-state index in [2.05, 4.69) is 16.7 Å². The molecule has 1 unspecified atom stereocenters. The summed E-state index contributed by atoms with van der Waals surface area (Å²) in [6.07, 6.45) is 6.40. The highest BCUT2D eigenvalue weighted by Crippen LogP contribution is 2.38. The fraction of sp³-hybridized carbons (Fsp3) is 0.391. The smallest absolute Gasteiger partial charge is 0.328 e. The minimum atomic E-state index is -0.891. The highest BCUT2D eigenvalue weighted by atomic mass is 16.5. The molecule has 0 bridgehead atoms. The second-order valence-electron chi connectivity index (χ2n) is 7.74. The fourth-order valence-corrected chi connectivity index (χ4v) is 4.51. The molecule has 0 spiro atoms. The first kappa shape index (κ1) is 19.3. The Morgan fingerprint density at radius 2 is 1.72 bits per heavy atom. The number of methoxy groups -OCH3 is 1. The van der Waals surface area contributed by atoms with Gasteiger partial charge < -0.3 is 20.5 Å². The molecule has 4 rings (SSSR count). The van der Waals surface area contributed by atoms with Crippen molar-refractivity contribution in [3.63, 3.8) is 0 Å². The summed E-state index contributed by atoms with van der Waals surface area (Å²) in [5.74, 6) is -0.464. The number of amides is 2. The number of fused-ring (bicyclic) bond motifs is 2. The number of para-hydroxylation sites is 1. The van der Waals surface area contributed by atoms with Gasteiger partial charge in [-0.1, -0.05) is 24.3 Å². The molecule has 152 valence electrons. The van der Waals surface area contributed by atoms with Gasteiger partial charge in [0.25, 0.3) is 0 Å². The molecule has 6 nitrogen and oxygen atoms in total. The molecule has 1 atom stereocenters. The van der Waals surface area contributed by atoms with Gasteiger partial charge in [0.15, 0.2) is 0 Å². The van der Waals surface area contributed by atoms with Gasteiger partial charge in [0, 0.05) is 12.1 Å². The van der Waals surface area contributed by atoms with Crippen LogP contribution in [0.15, 0.2) is 30.3 Å². The summed E-state index contributed by atoms with van der Waals surface area (Å²) in [5, 5.41) is 15.8. The Bertz CT molecular complexity index is 922. The molecule has 3 N–H and O–H groups in total. The number of rotatable bonds is 5. The second kappa shape index (κ2) is 8.15. The number of phenolic OH excluding ortho intramolecular Hbond substituents is 1. The van der Waals surface area contributed by atoms with Crippen LogP contribution in [0.3, 0.4) is 0 Å². The Hall–Kier alpha value is -3.02. The zero-order valence-electron chi connectivity index (χ0n) is 16.6. The van der Waals surface area contributed by atoms with Crippen LogP contribution < -0.4 is 10.6 Å². The summed E-state index contributed by atoms with van der Waals surface area (Å²) in [7, 11) is 1.29. The largest absolute Gasteiger partial charge is 0.508 e. The number of urea groups is 1. The molecule has 0 aromatic heterocycles. The van der Waals surface area contributed by atoms with E-state index in [-0.39, 0.29) is 12.2 Å². The molecule has 2 aromatic carbocycles. The highest BCUT2D eigenvalue weighted by Gasteiger charge is 2.27. The zero-order valence-corrected chi connectivity index (χ0v) is 16.6. The van der Waals surface area contributed by atoms with Gasteiger partial charge in [-0.05, 0) is 72.4 Å². The fourth-order valence-electron chi connectivity index (χ4n) is 4.51. The third kappa shape index (κ3) is 3.92. The molecule has 2 aromatic rings. The molecule has 2 amide bonds. The first-order valence-corrected chi connectivity index (χ1v) is 10.2. The van der Waals surface area contributed by atoms with Crippen LogP contribution in [0.5, 0.6) is 5.75 Å². The molecule has 6 heteroatoms. The molecule has 0 fully saturated rings. The average Bonchev–Trinajstić information content (AvgIpc) is 3.37. The van der Waals surface area contributed by atoms with Crippen molar-refractivity contribution in [3.8, 4) is 5.75 Å². The van der Waals surface area contributed by atoms with E-state index in [1.165, 1.54) is 29.4 Å². The molecule has 0 saturated heterocycles. The summed E-state index contributed by atoms with van der Waals surface area (Å²) in [6, 6.07) is 7.76. The number of carbonyl (C=O) groups is 2. The minimum absolute atomic E-state index is 0.0855. The van der Waals surface area contributed by atoms with Gasteiger partial charge in [0.05, 0.1) is 7.11 Å². The van der Waals surface area contributed by atoms with Crippen molar-refractivity contribution in [3.05, 3.63) is 58.1 Å². The van der Waals surface area contributed by atoms with E-state index >= 15 is 0 Å². The van der Waals surface area contributed by atoms with Gasteiger partial charge in [-0.25, -0.2) is 9.59 Å². The van der Waals surface area contributed by atoms with Crippen LogP contribution in [0.25, 0.3) is 0 Å². The summed E-state index contributed by atoms with van der Waals surface area (Å²) >= 11 is 0. The van der Waals surface area contributed by atoms with Gasteiger partial charge in [0.1, 0.15) is 11.8 Å². The van der Waals surface area contributed by atoms with E-state index in [9.17, 15) is 14.7 Å². The lowest BCUT2D eigenvalue weighted by Gasteiger charge is -2.20. The predicted molar refractivity (Wildman–Crippen MR) is 110 cm³/mol. The van der Waals surface area contributed by atoms with Crippen LogP contribution in [0.2, 0.25) is 0 Å². The molecular formula is C23H26N2O4. The normalized spacial score (nSPS) is 15.3. The first-order valence-electron chi connectivity index (χ1n) is 10.2. The Morgan fingerprint density at radius 1 is 1.07 bits per heavy atom. The van der Waals surface area contributed by atoms with Crippen LogP contribution >= 0.6 is 0 Å². The van der Waals surface area contributed by atoms with Crippen molar-refractivity contribution < 1.29 is 19.4 Å². The Kier molecular flexibility index (Phi) is 5.43. The molecular weight excluding hydrogens is 368 g/mol. The number of benzene rings is 2.